The van der Waals surface area contributed by atoms with Gasteiger partial charge in [-0.3, -0.25) is 9.59 Å². The van der Waals surface area contributed by atoms with Crippen molar-refractivity contribution in [1.29, 1.82) is 0 Å². The van der Waals surface area contributed by atoms with Crippen LogP contribution in [-0.2, 0) is 22.6 Å². The third kappa shape index (κ3) is 5.47. The summed E-state index contributed by atoms with van der Waals surface area (Å²) in [6.45, 7) is 0.786. The summed E-state index contributed by atoms with van der Waals surface area (Å²) in [5, 5.41) is 16.0. The second kappa shape index (κ2) is 10.1. The first kappa shape index (κ1) is 23.5. The van der Waals surface area contributed by atoms with Crippen LogP contribution in [0.2, 0.25) is 5.02 Å². The van der Waals surface area contributed by atoms with E-state index in [1.807, 2.05) is 56.6 Å². The molecule has 0 aliphatic carbocycles. The highest BCUT2D eigenvalue weighted by Gasteiger charge is 2.28. The van der Waals surface area contributed by atoms with Crippen molar-refractivity contribution in [2.45, 2.75) is 19.4 Å². The fourth-order valence-corrected chi connectivity index (χ4v) is 4.23. The molecular weight excluding hydrogens is 450 g/mol. The standard InChI is InChI=1S/C27H26ClN3O3/c1-31(2)16-18-6-4-8-21(14-18)29-26(19-7-3-5-17(13-19)9-12-24(32)33)25-22-11-10-20(28)15-23(22)30-27(25)34/h3-8,10-11,13-15,29H,9,12,16H2,1-2H3,(H,30,34)(H,32,33). The number of hydrogen-bond acceptors (Lipinski definition) is 4. The SMILES string of the molecule is CN(C)Cc1cccc(NC(=C2C(=O)Nc3cc(Cl)ccc32)c2cccc(CCC(=O)O)c2)c1. The lowest BCUT2D eigenvalue weighted by atomic mass is 9.97. The van der Waals surface area contributed by atoms with Crippen LogP contribution in [0, 0.1) is 0 Å². The van der Waals surface area contributed by atoms with Crippen molar-refractivity contribution >= 4 is 46.1 Å². The summed E-state index contributed by atoms with van der Waals surface area (Å²) in [5.74, 6) is -1.07. The Morgan fingerprint density at radius 2 is 1.79 bits per heavy atom. The molecule has 1 aliphatic heterocycles. The molecule has 4 rings (SSSR count). The quantitative estimate of drug-likeness (QED) is 0.382. The molecule has 0 saturated carbocycles. The number of carbonyl (C=O) groups is 2. The molecule has 0 radical (unpaired) electrons. The molecule has 1 heterocycles. The number of anilines is 2. The minimum atomic E-state index is -0.846. The number of benzene rings is 3. The molecular formula is C27H26ClN3O3. The molecule has 174 valence electrons. The van der Waals surface area contributed by atoms with Gasteiger partial charge in [0, 0.05) is 29.2 Å². The summed E-state index contributed by atoms with van der Waals surface area (Å²) in [6, 6.07) is 21.0. The summed E-state index contributed by atoms with van der Waals surface area (Å²) in [4.78, 5) is 26.3. The average Bonchev–Trinajstić information content (AvgIpc) is 3.10. The van der Waals surface area contributed by atoms with Crippen LogP contribution in [0.1, 0.15) is 28.7 Å². The van der Waals surface area contributed by atoms with E-state index in [1.54, 1.807) is 12.1 Å². The maximum Gasteiger partial charge on any atom is 0.303 e. The van der Waals surface area contributed by atoms with Crippen LogP contribution in [0.4, 0.5) is 11.4 Å². The summed E-state index contributed by atoms with van der Waals surface area (Å²) in [7, 11) is 4.03. The zero-order valence-corrected chi connectivity index (χ0v) is 19.8. The summed E-state index contributed by atoms with van der Waals surface area (Å²) >= 11 is 6.15. The van der Waals surface area contributed by atoms with Crippen molar-refractivity contribution in [2.75, 3.05) is 24.7 Å². The van der Waals surface area contributed by atoms with E-state index in [1.165, 1.54) is 0 Å². The van der Waals surface area contributed by atoms with Crippen LogP contribution in [0.15, 0.2) is 66.7 Å². The van der Waals surface area contributed by atoms with Crippen molar-refractivity contribution < 1.29 is 14.7 Å². The minimum absolute atomic E-state index is 0.0389. The predicted octanol–water partition coefficient (Wildman–Crippen LogP) is 5.35. The number of carboxylic acids is 1. The second-order valence-electron chi connectivity index (χ2n) is 8.55. The zero-order chi connectivity index (χ0) is 24.2. The van der Waals surface area contributed by atoms with Crippen molar-refractivity contribution in [3.8, 4) is 0 Å². The van der Waals surface area contributed by atoms with Gasteiger partial charge in [0.15, 0.2) is 0 Å². The van der Waals surface area contributed by atoms with Gasteiger partial charge in [-0.15, -0.1) is 0 Å². The van der Waals surface area contributed by atoms with Gasteiger partial charge in [-0.05, 0) is 67.5 Å². The number of nitrogens with zero attached hydrogens (tertiary/aromatic N) is 1. The van der Waals surface area contributed by atoms with Crippen LogP contribution in [0.5, 0.6) is 0 Å². The number of carbonyl (C=O) groups excluding carboxylic acids is 1. The Hall–Kier alpha value is -3.61. The molecule has 0 bridgehead atoms. The van der Waals surface area contributed by atoms with Crippen molar-refractivity contribution in [2.24, 2.45) is 0 Å². The number of halogens is 1. The lowest BCUT2D eigenvalue weighted by molar-refractivity contribution is -0.137. The highest BCUT2D eigenvalue weighted by Crippen LogP contribution is 2.39. The van der Waals surface area contributed by atoms with Crippen LogP contribution >= 0.6 is 11.6 Å². The first-order valence-corrected chi connectivity index (χ1v) is 11.4. The molecule has 7 heteroatoms. The highest BCUT2D eigenvalue weighted by molar-refractivity contribution is 6.38. The molecule has 0 unspecified atom stereocenters. The summed E-state index contributed by atoms with van der Waals surface area (Å²) in [5.41, 5.74) is 6.26. The molecule has 0 fully saturated rings. The number of fused-ring (bicyclic) bond motifs is 1. The smallest absolute Gasteiger partial charge is 0.303 e. The maximum absolute atomic E-state index is 13.1. The van der Waals surface area contributed by atoms with E-state index in [-0.39, 0.29) is 12.3 Å². The van der Waals surface area contributed by atoms with E-state index < -0.39 is 5.97 Å². The van der Waals surface area contributed by atoms with E-state index in [0.29, 0.717) is 28.4 Å². The first-order chi connectivity index (χ1) is 16.3. The Morgan fingerprint density at radius 1 is 1.03 bits per heavy atom. The second-order valence-corrected chi connectivity index (χ2v) is 8.99. The number of amides is 1. The lowest BCUT2D eigenvalue weighted by Gasteiger charge is -2.17. The molecule has 3 N–H and O–H groups in total. The van der Waals surface area contributed by atoms with Crippen molar-refractivity contribution in [3.05, 3.63) is 94.0 Å². The Labute approximate surface area is 203 Å². The van der Waals surface area contributed by atoms with Crippen molar-refractivity contribution in [3.63, 3.8) is 0 Å². The predicted molar refractivity (Wildman–Crippen MR) is 137 cm³/mol. The van der Waals surface area contributed by atoms with E-state index in [9.17, 15) is 9.59 Å². The van der Waals surface area contributed by atoms with Gasteiger partial charge >= 0.3 is 5.97 Å². The fraction of sp³-hybridized carbons (Fsp3) is 0.185. The minimum Gasteiger partial charge on any atom is -0.481 e. The highest BCUT2D eigenvalue weighted by atomic mass is 35.5. The van der Waals surface area contributed by atoms with E-state index in [4.69, 9.17) is 16.7 Å². The van der Waals surface area contributed by atoms with E-state index in [2.05, 4.69) is 27.7 Å². The van der Waals surface area contributed by atoms with Crippen LogP contribution < -0.4 is 10.6 Å². The number of carboxylic acid groups (broad SMARTS) is 1. The van der Waals surface area contributed by atoms with Gasteiger partial charge in [-0.1, -0.05) is 48.0 Å². The van der Waals surface area contributed by atoms with Gasteiger partial charge in [-0.25, -0.2) is 0 Å². The van der Waals surface area contributed by atoms with E-state index in [0.717, 1.165) is 34.5 Å². The Kier molecular flexibility index (Phi) is 7.01. The van der Waals surface area contributed by atoms with Gasteiger partial charge in [0.25, 0.3) is 5.91 Å². The Balaban J connectivity index is 1.82. The molecule has 1 amide bonds. The van der Waals surface area contributed by atoms with Crippen LogP contribution in [0.3, 0.4) is 0 Å². The normalized spacial score (nSPS) is 14.1. The van der Waals surface area contributed by atoms with Crippen molar-refractivity contribution in [1.82, 2.24) is 4.90 Å². The zero-order valence-electron chi connectivity index (χ0n) is 19.1. The van der Waals surface area contributed by atoms with E-state index >= 15 is 0 Å². The number of aliphatic carboxylic acids is 1. The number of nitrogens with one attached hydrogen (secondary N) is 2. The van der Waals surface area contributed by atoms with Gasteiger partial charge < -0.3 is 20.6 Å². The third-order valence-corrected chi connectivity index (χ3v) is 5.75. The molecule has 34 heavy (non-hydrogen) atoms. The molecule has 0 atom stereocenters. The molecule has 0 saturated heterocycles. The molecule has 3 aromatic rings. The maximum atomic E-state index is 13.1. The molecule has 0 aromatic heterocycles. The van der Waals surface area contributed by atoms with Gasteiger partial charge in [0.1, 0.15) is 0 Å². The Morgan fingerprint density at radius 3 is 2.56 bits per heavy atom. The van der Waals surface area contributed by atoms with Gasteiger partial charge in [-0.2, -0.15) is 0 Å². The Bertz CT molecular complexity index is 1280. The van der Waals surface area contributed by atoms with Gasteiger partial charge in [0.2, 0.25) is 0 Å². The monoisotopic (exact) mass is 475 g/mol. The molecule has 1 aliphatic rings. The number of aryl methyl sites for hydroxylation is 1. The molecule has 3 aromatic carbocycles. The molecule has 6 nitrogen and oxygen atoms in total. The number of hydrogen-bond donors (Lipinski definition) is 3. The first-order valence-electron chi connectivity index (χ1n) is 11.0. The summed E-state index contributed by atoms with van der Waals surface area (Å²) < 4.78 is 0. The average molecular weight is 476 g/mol. The third-order valence-electron chi connectivity index (χ3n) is 5.51. The largest absolute Gasteiger partial charge is 0.481 e. The van der Waals surface area contributed by atoms with Crippen LogP contribution in [-0.4, -0.2) is 36.0 Å². The van der Waals surface area contributed by atoms with Gasteiger partial charge in [0.05, 0.1) is 17.0 Å². The summed E-state index contributed by atoms with van der Waals surface area (Å²) in [6.07, 6.45) is 0.444. The van der Waals surface area contributed by atoms with Crippen LogP contribution in [0.25, 0.3) is 11.3 Å². The molecule has 0 spiro atoms. The topological polar surface area (TPSA) is 81.7 Å². The fourth-order valence-electron chi connectivity index (χ4n) is 4.06. The number of rotatable bonds is 8. The lowest BCUT2D eigenvalue weighted by Crippen LogP contribution is -2.12.